The third kappa shape index (κ3) is 4.05. The lowest BCUT2D eigenvalue weighted by atomic mass is 10.1. The predicted octanol–water partition coefficient (Wildman–Crippen LogP) is 2.91. The van der Waals surface area contributed by atoms with E-state index < -0.39 is 0 Å². The second-order valence-electron chi connectivity index (χ2n) is 5.66. The minimum Gasteiger partial charge on any atom is -0.382 e. The second kappa shape index (κ2) is 7.57. The van der Waals surface area contributed by atoms with E-state index in [1.54, 1.807) is 7.11 Å². The number of aryl methyl sites for hydroxylation is 1. The molecule has 116 valence electrons. The number of ether oxygens (including phenoxy) is 1. The number of imidazole rings is 1. The molecule has 0 radical (unpaired) electrons. The normalized spacial score (nSPS) is 14.5. The van der Waals surface area contributed by atoms with Crippen LogP contribution in [0.3, 0.4) is 0 Å². The fourth-order valence-corrected chi connectivity index (χ4v) is 2.72. The van der Waals surface area contributed by atoms with Gasteiger partial charge in [-0.2, -0.15) is 0 Å². The van der Waals surface area contributed by atoms with Crippen LogP contribution in [-0.4, -0.2) is 35.4 Å². The van der Waals surface area contributed by atoms with Gasteiger partial charge in [-0.15, -0.1) is 0 Å². The summed E-state index contributed by atoms with van der Waals surface area (Å²) in [6.45, 7) is 5.26. The predicted molar refractivity (Wildman–Crippen MR) is 87.6 cm³/mol. The first-order chi connectivity index (χ1) is 10.2. The minimum atomic E-state index is 0.312. The second-order valence-corrected chi connectivity index (χ2v) is 5.66. The summed E-state index contributed by atoms with van der Waals surface area (Å²) in [6.07, 6.45) is 3.44. The number of benzene rings is 1. The molecule has 1 aromatic heterocycles. The molecule has 0 amide bonds. The maximum Gasteiger partial charge on any atom is 0.111 e. The van der Waals surface area contributed by atoms with Gasteiger partial charge in [-0.05, 0) is 38.4 Å². The lowest BCUT2D eigenvalue weighted by Gasteiger charge is -2.19. The maximum absolute atomic E-state index is 5.35. The number of rotatable bonds is 8. The first-order valence-electron chi connectivity index (χ1n) is 7.82. The summed E-state index contributed by atoms with van der Waals surface area (Å²) in [6, 6.07) is 8.76. The fraction of sp³-hybridized carbons (Fsp3) is 0.588. The van der Waals surface area contributed by atoms with E-state index in [0.717, 1.165) is 37.1 Å². The van der Waals surface area contributed by atoms with Gasteiger partial charge in [-0.1, -0.05) is 19.1 Å². The molecule has 1 aromatic carbocycles. The third-order valence-corrected chi connectivity index (χ3v) is 4.13. The standard InChI is InChI=1S/C17H27N3O/c1-5-18-14(11-10-13(2)21-4)12-17-19-15-8-6-7-9-16(15)20(17)3/h6-9,13-14,18H,5,10-12H2,1-4H3. The number of hydrogen-bond donors (Lipinski definition) is 1. The van der Waals surface area contributed by atoms with Crippen molar-refractivity contribution in [3.8, 4) is 0 Å². The van der Waals surface area contributed by atoms with Crippen LogP contribution >= 0.6 is 0 Å². The van der Waals surface area contributed by atoms with Gasteiger partial charge in [0.05, 0.1) is 17.1 Å². The number of para-hydroxylation sites is 2. The molecule has 2 atom stereocenters. The van der Waals surface area contributed by atoms with Gasteiger partial charge in [-0.25, -0.2) is 4.98 Å². The Labute approximate surface area is 127 Å². The van der Waals surface area contributed by atoms with Crippen molar-refractivity contribution in [1.82, 2.24) is 14.9 Å². The molecule has 2 aromatic rings. The molecule has 0 saturated heterocycles. The van der Waals surface area contributed by atoms with Gasteiger partial charge < -0.3 is 14.6 Å². The van der Waals surface area contributed by atoms with Crippen molar-refractivity contribution >= 4 is 11.0 Å². The van der Waals surface area contributed by atoms with Crippen molar-refractivity contribution in [1.29, 1.82) is 0 Å². The molecular weight excluding hydrogens is 262 g/mol. The molecule has 0 spiro atoms. The number of nitrogens with one attached hydrogen (secondary N) is 1. The van der Waals surface area contributed by atoms with Gasteiger partial charge in [0.25, 0.3) is 0 Å². The molecule has 0 aliphatic heterocycles. The SMILES string of the molecule is CCNC(CCC(C)OC)Cc1nc2ccccc2n1C. The van der Waals surface area contributed by atoms with Crippen LogP contribution in [0.4, 0.5) is 0 Å². The Morgan fingerprint density at radius 1 is 1.29 bits per heavy atom. The molecule has 0 aliphatic carbocycles. The highest BCUT2D eigenvalue weighted by Crippen LogP contribution is 2.17. The average molecular weight is 289 g/mol. The number of likely N-dealkylation sites (N-methyl/N-ethyl adjacent to an activating group) is 1. The van der Waals surface area contributed by atoms with Crippen LogP contribution in [0.25, 0.3) is 11.0 Å². The van der Waals surface area contributed by atoms with E-state index in [1.165, 1.54) is 5.52 Å². The number of aromatic nitrogens is 2. The van der Waals surface area contributed by atoms with Crippen molar-refractivity contribution in [2.75, 3.05) is 13.7 Å². The van der Waals surface area contributed by atoms with Gasteiger partial charge in [0.1, 0.15) is 5.82 Å². The zero-order valence-electron chi connectivity index (χ0n) is 13.6. The minimum absolute atomic E-state index is 0.312. The lowest BCUT2D eigenvalue weighted by Crippen LogP contribution is -2.32. The van der Waals surface area contributed by atoms with Crippen molar-refractivity contribution in [2.24, 2.45) is 7.05 Å². The van der Waals surface area contributed by atoms with Crippen LogP contribution in [0.2, 0.25) is 0 Å². The van der Waals surface area contributed by atoms with Crippen LogP contribution < -0.4 is 5.32 Å². The first kappa shape index (κ1) is 16.0. The van der Waals surface area contributed by atoms with E-state index in [0.29, 0.717) is 12.1 Å². The highest BCUT2D eigenvalue weighted by atomic mass is 16.5. The molecule has 0 bridgehead atoms. The maximum atomic E-state index is 5.35. The monoisotopic (exact) mass is 289 g/mol. The molecule has 1 heterocycles. The van der Waals surface area contributed by atoms with E-state index >= 15 is 0 Å². The van der Waals surface area contributed by atoms with Gasteiger partial charge in [0, 0.05) is 26.6 Å². The zero-order valence-corrected chi connectivity index (χ0v) is 13.6. The van der Waals surface area contributed by atoms with Crippen molar-refractivity contribution < 1.29 is 4.74 Å². The molecule has 21 heavy (non-hydrogen) atoms. The summed E-state index contributed by atoms with van der Waals surface area (Å²) in [5.41, 5.74) is 2.28. The molecule has 0 aliphatic rings. The Hall–Kier alpha value is -1.39. The van der Waals surface area contributed by atoms with E-state index in [1.807, 2.05) is 6.07 Å². The smallest absolute Gasteiger partial charge is 0.111 e. The van der Waals surface area contributed by atoms with Crippen molar-refractivity contribution in [3.05, 3.63) is 30.1 Å². The summed E-state index contributed by atoms with van der Waals surface area (Å²) in [4.78, 5) is 4.77. The van der Waals surface area contributed by atoms with Crippen LogP contribution in [0.1, 0.15) is 32.5 Å². The van der Waals surface area contributed by atoms with Gasteiger partial charge in [0.15, 0.2) is 0 Å². The summed E-state index contributed by atoms with van der Waals surface area (Å²) >= 11 is 0. The van der Waals surface area contributed by atoms with Gasteiger partial charge in [0.2, 0.25) is 0 Å². The number of nitrogens with zero attached hydrogens (tertiary/aromatic N) is 2. The molecule has 2 rings (SSSR count). The molecule has 1 N–H and O–H groups in total. The highest BCUT2D eigenvalue weighted by Gasteiger charge is 2.15. The molecular formula is C17H27N3O. The Bertz CT molecular complexity index is 564. The molecule has 4 heteroatoms. The van der Waals surface area contributed by atoms with Crippen LogP contribution in [0.15, 0.2) is 24.3 Å². The number of hydrogen-bond acceptors (Lipinski definition) is 3. The Morgan fingerprint density at radius 2 is 2.05 bits per heavy atom. The van der Waals surface area contributed by atoms with Crippen LogP contribution in [0.5, 0.6) is 0 Å². The van der Waals surface area contributed by atoms with Crippen LogP contribution in [0, 0.1) is 0 Å². The van der Waals surface area contributed by atoms with E-state index in [-0.39, 0.29) is 0 Å². The number of methoxy groups -OCH3 is 1. The van der Waals surface area contributed by atoms with Crippen molar-refractivity contribution in [2.45, 2.75) is 45.3 Å². The molecule has 0 fully saturated rings. The van der Waals surface area contributed by atoms with Gasteiger partial charge >= 0.3 is 0 Å². The lowest BCUT2D eigenvalue weighted by molar-refractivity contribution is 0.106. The van der Waals surface area contributed by atoms with Gasteiger partial charge in [-0.3, -0.25) is 0 Å². The number of fused-ring (bicyclic) bond motifs is 1. The van der Waals surface area contributed by atoms with E-state index in [4.69, 9.17) is 9.72 Å². The molecule has 4 nitrogen and oxygen atoms in total. The molecule has 2 unspecified atom stereocenters. The summed E-state index contributed by atoms with van der Waals surface area (Å²) in [5.74, 6) is 1.15. The van der Waals surface area contributed by atoms with Crippen LogP contribution in [-0.2, 0) is 18.2 Å². The average Bonchev–Trinajstić information content (AvgIpc) is 2.81. The Balaban J connectivity index is 2.09. The fourth-order valence-electron chi connectivity index (χ4n) is 2.72. The summed E-state index contributed by atoms with van der Waals surface area (Å²) in [7, 11) is 3.88. The Morgan fingerprint density at radius 3 is 2.71 bits per heavy atom. The summed E-state index contributed by atoms with van der Waals surface area (Å²) in [5, 5.41) is 3.57. The Kier molecular flexibility index (Phi) is 5.76. The topological polar surface area (TPSA) is 39.1 Å². The van der Waals surface area contributed by atoms with Crippen molar-refractivity contribution in [3.63, 3.8) is 0 Å². The third-order valence-electron chi connectivity index (χ3n) is 4.13. The summed E-state index contributed by atoms with van der Waals surface area (Å²) < 4.78 is 7.56. The highest BCUT2D eigenvalue weighted by molar-refractivity contribution is 5.75. The quantitative estimate of drug-likeness (QED) is 0.812. The van der Waals surface area contributed by atoms with E-state index in [2.05, 4.69) is 49.0 Å². The van der Waals surface area contributed by atoms with E-state index in [9.17, 15) is 0 Å². The zero-order chi connectivity index (χ0) is 15.2. The largest absolute Gasteiger partial charge is 0.382 e. The first-order valence-corrected chi connectivity index (χ1v) is 7.82. The molecule has 0 saturated carbocycles.